The summed E-state index contributed by atoms with van der Waals surface area (Å²) in [7, 11) is 0. The van der Waals surface area contributed by atoms with E-state index in [1.165, 1.54) is 24.3 Å². The number of amides is 3. The minimum absolute atomic E-state index is 0.00966. The van der Waals surface area contributed by atoms with Crippen molar-refractivity contribution >= 4 is 23.5 Å². The lowest BCUT2D eigenvalue weighted by atomic mass is 10.2. The number of hydrogen-bond acceptors (Lipinski definition) is 2. The minimum atomic E-state index is -0.498. The van der Waals surface area contributed by atoms with E-state index in [1.54, 1.807) is 16.7 Å². The van der Waals surface area contributed by atoms with Crippen LogP contribution in [0.2, 0.25) is 5.02 Å². The molecule has 1 aromatic carbocycles. The molecule has 1 aliphatic heterocycles. The van der Waals surface area contributed by atoms with Gasteiger partial charge < -0.3 is 15.1 Å². The summed E-state index contributed by atoms with van der Waals surface area (Å²) in [4.78, 5) is 27.0. The molecular weight excluding hydrogens is 345 g/mol. The molecule has 0 aromatic heterocycles. The average molecular weight is 364 g/mol. The maximum absolute atomic E-state index is 13.1. The van der Waals surface area contributed by atoms with Crippen molar-refractivity contribution in [3.05, 3.63) is 47.3 Å². The van der Waals surface area contributed by atoms with Crippen LogP contribution in [0.5, 0.6) is 0 Å². The van der Waals surface area contributed by atoms with Crippen LogP contribution in [-0.4, -0.2) is 54.0 Å². The van der Waals surface area contributed by atoms with Gasteiger partial charge >= 0.3 is 6.03 Å². The molecule has 25 heavy (non-hydrogen) atoms. The molecule has 1 fully saturated rings. The summed E-state index contributed by atoms with van der Waals surface area (Å²) >= 11 is 5.71. The van der Waals surface area contributed by atoms with Gasteiger partial charge in [-0.15, -0.1) is 0 Å². The van der Waals surface area contributed by atoms with Crippen molar-refractivity contribution in [2.24, 2.45) is 0 Å². The Bertz CT molecular complexity index is 734. The predicted molar refractivity (Wildman–Crippen MR) is 94.6 cm³/mol. The fourth-order valence-electron chi connectivity index (χ4n) is 2.34. The average Bonchev–Trinajstić information content (AvgIpc) is 2.62. The molecule has 1 aromatic rings. The monoisotopic (exact) mass is 363 g/mol. The Kier molecular flexibility index (Phi) is 6.43. The van der Waals surface area contributed by atoms with Crippen LogP contribution < -0.4 is 5.32 Å². The Morgan fingerprint density at radius 2 is 1.96 bits per heavy atom. The van der Waals surface area contributed by atoms with E-state index in [1.807, 2.05) is 0 Å². The van der Waals surface area contributed by atoms with E-state index in [-0.39, 0.29) is 23.0 Å². The van der Waals surface area contributed by atoms with Gasteiger partial charge in [-0.2, -0.15) is 0 Å². The van der Waals surface area contributed by atoms with Crippen molar-refractivity contribution < 1.29 is 14.0 Å². The fraction of sp³-hybridized carbons (Fsp3) is 0.333. The molecule has 0 spiro atoms. The molecule has 3 amide bonds. The third kappa shape index (κ3) is 5.23. The minimum Gasteiger partial charge on any atom is -0.336 e. The molecule has 1 aliphatic rings. The zero-order valence-corrected chi connectivity index (χ0v) is 14.6. The van der Waals surface area contributed by atoms with Crippen LogP contribution in [0.25, 0.3) is 0 Å². The summed E-state index contributed by atoms with van der Waals surface area (Å²) in [5.41, 5.74) is 0.573. The van der Waals surface area contributed by atoms with Crippen molar-refractivity contribution in [1.29, 1.82) is 0 Å². The molecular formula is C18H19ClFN3O2. The maximum atomic E-state index is 13.1. The van der Waals surface area contributed by atoms with Gasteiger partial charge in [0.1, 0.15) is 5.82 Å². The standard InChI is InChI=1S/C18H19ClFN3O2/c1-3-17(24)22-8-10-23(11-9-22)18(25)21-13(2)4-5-14-6-7-16(20)15(19)12-14/h3,6-7,12-13H,1,8-11H2,2H3,(H,21,25). The van der Waals surface area contributed by atoms with Gasteiger partial charge in [0, 0.05) is 31.7 Å². The Labute approximate surface area is 151 Å². The van der Waals surface area contributed by atoms with Gasteiger partial charge in [0.2, 0.25) is 5.91 Å². The lowest BCUT2D eigenvalue weighted by Gasteiger charge is -2.34. The van der Waals surface area contributed by atoms with Gasteiger partial charge in [-0.25, -0.2) is 9.18 Å². The molecule has 2 rings (SSSR count). The van der Waals surface area contributed by atoms with E-state index in [9.17, 15) is 14.0 Å². The molecule has 1 atom stereocenters. The first-order valence-corrected chi connectivity index (χ1v) is 8.22. The largest absolute Gasteiger partial charge is 0.336 e. The number of halogens is 2. The van der Waals surface area contributed by atoms with E-state index >= 15 is 0 Å². The lowest BCUT2D eigenvalue weighted by molar-refractivity contribution is -0.127. The second-order valence-electron chi connectivity index (χ2n) is 5.59. The number of hydrogen-bond donors (Lipinski definition) is 1. The summed E-state index contributed by atoms with van der Waals surface area (Å²) in [5, 5.41) is 2.80. The van der Waals surface area contributed by atoms with Crippen LogP contribution in [0.3, 0.4) is 0 Å². The first kappa shape index (κ1) is 18.8. The van der Waals surface area contributed by atoms with Crippen LogP contribution >= 0.6 is 11.6 Å². The number of nitrogens with one attached hydrogen (secondary N) is 1. The Balaban J connectivity index is 1.87. The Morgan fingerprint density at radius 3 is 2.56 bits per heavy atom. The number of urea groups is 1. The number of carbonyl (C=O) groups excluding carboxylic acids is 2. The second kappa shape index (κ2) is 8.54. The Hall–Kier alpha value is -2.52. The number of carbonyl (C=O) groups is 2. The lowest BCUT2D eigenvalue weighted by Crippen LogP contribution is -2.53. The van der Waals surface area contributed by atoms with Crippen molar-refractivity contribution in [3.8, 4) is 11.8 Å². The summed E-state index contributed by atoms with van der Waals surface area (Å²) in [6.45, 7) is 7.09. The molecule has 1 heterocycles. The van der Waals surface area contributed by atoms with Gasteiger partial charge in [-0.05, 0) is 31.2 Å². The van der Waals surface area contributed by atoms with Crippen molar-refractivity contribution in [1.82, 2.24) is 15.1 Å². The highest BCUT2D eigenvalue weighted by molar-refractivity contribution is 6.30. The predicted octanol–water partition coefficient (Wildman–Crippen LogP) is 2.26. The SMILES string of the molecule is C=CC(=O)N1CCN(C(=O)NC(C)C#Cc2ccc(F)c(Cl)c2)CC1. The van der Waals surface area contributed by atoms with Gasteiger partial charge in [0.15, 0.2) is 0 Å². The number of benzene rings is 1. The van der Waals surface area contributed by atoms with Gasteiger partial charge in [-0.3, -0.25) is 4.79 Å². The van der Waals surface area contributed by atoms with E-state index in [2.05, 4.69) is 23.7 Å². The zero-order valence-electron chi connectivity index (χ0n) is 13.9. The Morgan fingerprint density at radius 1 is 1.32 bits per heavy atom. The van der Waals surface area contributed by atoms with Gasteiger partial charge in [0.05, 0.1) is 11.1 Å². The number of piperazine rings is 1. The highest BCUT2D eigenvalue weighted by Gasteiger charge is 2.23. The molecule has 132 valence electrons. The van der Waals surface area contributed by atoms with Gasteiger partial charge in [0.25, 0.3) is 0 Å². The highest BCUT2D eigenvalue weighted by atomic mass is 35.5. The van der Waals surface area contributed by atoms with E-state index < -0.39 is 5.82 Å². The third-order valence-electron chi connectivity index (χ3n) is 3.75. The molecule has 7 heteroatoms. The summed E-state index contributed by atoms with van der Waals surface area (Å²) in [6, 6.07) is 3.60. The third-order valence-corrected chi connectivity index (χ3v) is 4.04. The molecule has 1 unspecified atom stereocenters. The van der Waals surface area contributed by atoms with Crippen LogP contribution in [-0.2, 0) is 4.79 Å². The normalized spacial score (nSPS) is 15.0. The smallest absolute Gasteiger partial charge is 0.318 e. The van der Waals surface area contributed by atoms with E-state index in [4.69, 9.17) is 11.6 Å². The molecule has 1 saturated heterocycles. The molecule has 1 N–H and O–H groups in total. The first-order chi connectivity index (χ1) is 11.9. The van der Waals surface area contributed by atoms with E-state index in [0.717, 1.165) is 0 Å². The molecule has 0 aliphatic carbocycles. The number of rotatable bonds is 2. The van der Waals surface area contributed by atoms with Crippen molar-refractivity contribution in [2.75, 3.05) is 26.2 Å². The number of nitrogens with zero attached hydrogens (tertiary/aromatic N) is 2. The molecule has 5 nitrogen and oxygen atoms in total. The van der Waals surface area contributed by atoms with Crippen LogP contribution in [0.15, 0.2) is 30.9 Å². The van der Waals surface area contributed by atoms with Gasteiger partial charge in [-0.1, -0.05) is 30.0 Å². The zero-order chi connectivity index (χ0) is 18.4. The van der Waals surface area contributed by atoms with Crippen molar-refractivity contribution in [2.45, 2.75) is 13.0 Å². The van der Waals surface area contributed by atoms with E-state index in [0.29, 0.717) is 31.7 Å². The highest BCUT2D eigenvalue weighted by Crippen LogP contribution is 2.15. The maximum Gasteiger partial charge on any atom is 0.318 e. The summed E-state index contributed by atoms with van der Waals surface area (Å²) < 4.78 is 13.1. The topological polar surface area (TPSA) is 52.7 Å². The second-order valence-corrected chi connectivity index (χ2v) is 5.99. The van der Waals surface area contributed by atoms with Crippen molar-refractivity contribution in [3.63, 3.8) is 0 Å². The van der Waals surface area contributed by atoms with Crippen LogP contribution in [0.1, 0.15) is 12.5 Å². The quantitative estimate of drug-likeness (QED) is 0.647. The fourth-order valence-corrected chi connectivity index (χ4v) is 2.52. The van der Waals surface area contributed by atoms with Crippen LogP contribution in [0, 0.1) is 17.7 Å². The summed E-state index contributed by atoms with van der Waals surface area (Å²) in [6.07, 6.45) is 1.27. The molecule has 0 radical (unpaired) electrons. The first-order valence-electron chi connectivity index (χ1n) is 7.84. The molecule has 0 bridgehead atoms. The summed E-state index contributed by atoms with van der Waals surface area (Å²) in [5.74, 6) is 5.11. The van der Waals surface area contributed by atoms with Crippen LogP contribution in [0.4, 0.5) is 9.18 Å². The molecule has 0 saturated carbocycles.